The van der Waals surface area contributed by atoms with Crippen LogP contribution < -0.4 is 10.6 Å². The number of carbonyl (C=O) groups excluding carboxylic acids is 2. The lowest BCUT2D eigenvalue weighted by molar-refractivity contribution is -0.136. The second-order valence-electron chi connectivity index (χ2n) is 8.50. The Labute approximate surface area is 200 Å². The van der Waals surface area contributed by atoms with Gasteiger partial charge in [0.25, 0.3) is 0 Å². The van der Waals surface area contributed by atoms with Crippen molar-refractivity contribution in [2.45, 2.75) is 57.4 Å². The molecule has 1 heterocycles. The summed E-state index contributed by atoms with van der Waals surface area (Å²) in [4.78, 5) is 24.7. The third-order valence-electron chi connectivity index (χ3n) is 5.82. The zero-order chi connectivity index (χ0) is 24.2. The number of nitrogens with zero attached hydrogens (tertiary/aromatic N) is 1. The lowest BCUT2D eigenvalue weighted by Crippen LogP contribution is -2.46. The van der Waals surface area contributed by atoms with Gasteiger partial charge in [-0.2, -0.15) is 4.31 Å². The van der Waals surface area contributed by atoms with Gasteiger partial charge in [-0.15, -0.1) is 0 Å². The smallest absolute Gasteiger partial charge is 0.313 e. The van der Waals surface area contributed by atoms with E-state index in [1.165, 1.54) is 0 Å². The molecule has 2 N–H and O–H groups in total. The maximum Gasteiger partial charge on any atom is 0.313 e. The number of hydrogen-bond acceptors (Lipinski definition) is 4. The second-order valence-corrected chi connectivity index (χ2v) is 10.8. The van der Waals surface area contributed by atoms with Crippen LogP contribution in [0.2, 0.25) is 5.02 Å². The molecule has 0 aliphatic carbocycles. The number of nitrogens with one attached hydrogen (secondary N) is 2. The van der Waals surface area contributed by atoms with Gasteiger partial charge in [0.15, 0.2) is 0 Å². The summed E-state index contributed by atoms with van der Waals surface area (Å²) in [5.41, 5.74) is 2.97. The summed E-state index contributed by atoms with van der Waals surface area (Å²) < 4.78 is 28.7. The maximum absolute atomic E-state index is 13.5. The molecule has 2 amide bonds. The highest BCUT2D eigenvalue weighted by atomic mass is 35.5. The van der Waals surface area contributed by atoms with E-state index in [9.17, 15) is 18.0 Å². The fraction of sp³-hybridized carbons (Fsp3) is 0.417. The van der Waals surface area contributed by atoms with Crippen LogP contribution in [-0.2, 0) is 19.6 Å². The highest BCUT2D eigenvalue weighted by molar-refractivity contribution is 7.89. The topological polar surface area (TPSA) is 95.6 Å². The fourth-order valence-electron chi connectivity index (χ4n) is 4.42. The maximum atomic E-state index is 13.5. The predicted octanol–water partition coefficient (Wildman–Crippen LogP) is 3.95. The molecule has 1 fully saturated rings. The van der Waals surface area contributed by atoms with E-state index in [-0.39, 0.29) is 12.6 Å². The number of aryl methyl sites for hydroxylation is 3. The summed E-state index contributed by atoms with van der Waals surface area (Å²) in [6, 6.07) is 9.98. The molecular weight excluding hydrogens is 462 g/mol. The summed E-state index contributed by atoms with van der Waals surface area (Å²) in [6.07, 6.45) is 2.88. The van der Waals surface area contributed by atoms with Gasteiger partial charge in [-0.25, -0.2) is 8.42 Å². The van der Waals surface area contributed by atoms with Crippen molar-refractivity contribution in [3.63, 3.8) is 0 Å². The number of carbonyl (C=O) groups is 2. The van der Waals surface area contributed by atoms with Crippen LogP contribution >= 0.6 is 11.6 Å². The van der Waals surface area contributed by atoms with E-state index >= 15 is 0 Å². The van der Waals surface area contributed by atoms with Crippen LogP contribution in [0, 0.1) is 20.8 Å². The molecule has 0 saturated carbocycles. The van der Waals surface area contributed by atoms with E-state index in [0.29, 0.717) is 28.6 Å². The summed E-state index contributed by atoms with van der Waals surface area (Å²) in [7, 11) is -3.67. The van der Waals surface area contributed by atoms with Gasteiger partial charge in [0.2, 0.25) is 10.0 Å². The van der Waals surface area contributed by atoms with E-state index in [1.54, 1.807) is 28.6 Å². The molecule has 2 aromatic carbocycles. The predicted molar refractivity (Wildman–Crippen MR) is 130 cm³/mol. The molecule has 1 atom stereocenters. The van der Waals surface area contributed by atoms with Crippen molar-refractivity contribution in [3.8, 4) is 0 Å². The van der Waals surface area contributed by atoms with Gasteiger partial charge in [0.05, 0.1) is 4.90 Å². The first kappa shape index (κ1) is 25.2. The minimum atomic E-state index is -3.67. The van der Waals surface area contributed by atoms with E-state index in [2.05, 4.69) is 10.6 Å². The van der Waals surface area contributed by atoms with Crippen LogP contribution in [0.3, 0.4) is 0 Å². The van der Waals surface area contributed by atoms with Crippen molar-refractivity contribution in [2.75, 3.05) is 18.4 Å². The van der Waals surface area contributed by atoms with Crippen molar-refractivity contribution >= 4 is 39.1 Å². The Kier molecular flexibility index (Phi) is 8.15. The van der Waals surface area contributed by atoms with Gasteiger partial charge in [-0.1, -0.05) is 35.7 Å². The molecular formula is C24H30ClN3O4S. The molecule has 2 aromatic rings. The Morgan fingerprint density at radius 1 is 1.03 bits per heavy atom. The van der Waals surface area contributed by atoms with Crippen molar-refractivity contribution in [2.24, 2.45) is 0 Å². The number of piperidine rings is 1. The Balaban J connectivity index is 1.63. The van der Waals surface area contributed by atoms with Crippen LogP contribution in [0.25, 0.3) is 0 Å². The van der Waals surface area contributed by atoms with Crippen LogP contribution in [0.1, 0.15) is 42.4 Å². The SMILES string of the molecule is Cc1cc(C)c(S(=O)(=O)N2CCCC[C@H]2CCNC(=O)C(=O)Nc2ccc(Cl)cc2)c(C)c1. The average Bonchev–Trinajstić information content (AvgIpc) is 2.74. The third-order valence-corrected chi connectivity index (χ3v) is 8.33. The van der Waals surface area contributed by atoms with Crippen molar-refractivity contribution in [1.82, 2.24) is 9.62 Å². The molecule has 3 rings (SSSR count). The molecule has 33 heavy (non-hydrogen) atoms. The second kappa shape index (κ2) is 10.7. The first-order valence-electron chi connectivity index (χ1n) is 11.0. The van der Waals surface area contributed by atoms with Gasteiger partial charge in [0.1, 0.15) is 0 Å². The number of rotatable bonds is 6. The van der Waals surface area contributed by atoms with Crippen LogP contribution in [0.5, 0.6) is 0 Å². The molecule has 1 saturated heterocycles. The van der Waals surface area contributed by atoms with Gasteiger partial charge < -0.3 is 10.6 Å². The normalized spacial score (nSPS) is 16.9. The van der Waals surface area contributed by atoms with E-state index in [1.807, 2.05) is 32.9 Å². The minimum Gasteiger partial charge on any atom is -0.348 e. The quantitative estimate of drug-likeness (QED) is 0.598. The number of amides is 2. The van der Waals surface area contributed by atoms with Gasteiger partial charge in [0, 0.05) is 29.8 Å². The van der Waals surface area contributed by atoms with E-state index in [4.69, 9.17) is 11.6 Å². The van der Waals surface area contributed by atoms with Gasteiger partial charge in [-0.3, -0.25) is 9.59 Å². The minimum absolute atomic E-state index is 0.204. The lowest BCUT2D eigenvalue weighted by Gasteiger charge is -2.35. The first-order valence-corrected chi connectivity index (χ1v) is 12.9. The number of benzene rings is 2. The van der Waals surface area contributed by atoms with E-state index < -0.39 is 21.8 Å². The zero-order valence-electron chi connectivity index (χ0n) is 19.2. The fourth-order valence-corrected chi connectivity index (χ4v) is 6.69. The standard InChI is InChI=1S/C24H30ClN3O4S/c1-16-14-17(2)22(18(3)15-16)33(31,32)28-13-5-4-6-21(28)11-12-26-23(29)24(30)27-20-9-7-19(25)8-10-20/h7-10,14-15,21H,4-6,11-13H2,1-3H3,(H,26,29)(H,27,30)/t21-/m0/s1. The molecule has 0 radical (unpaired) electrons. The molecule has 1 aliphatic rings. The van der Waals surface area contributed by atoms with Crippen LogP contribution in [0.15, 0.2) is 41.3 Å². The Morgan fingerprint density at radius 2 is 1.67 bits per heavy atom. The number of anilines is 1. The monoisotopic (exact) mass is 491 g/mol. The number of halogens is 1. The molecule has 178 valence electrons. The number of sulfonamides is 1. The Bertz CT molecular complexity index is 1110. The lowest BCUT2D eigenvalue weighted by atomic mass is 10.0. The van der Waals surface area contributed by atoms with Crippen LogP contribution in [-0.4, -0.2) is 43.7 Å². The van der Waals surface area contributed by atoms with Gasteiger partial charge in [-0.05, 0) is 75.4 Å². The molecule has 0 bridgehead atoms. The third kappa shape index (κ3) is 6.13. The average molecular weight is 492 g/mol. The molecule has 1 aliphatic heterocycles. The van der Waals surface area contributed by atoms with Crippen molar-refractivity contribution in [1.29, 1.82) is 0 Å². The Morgan fingerprint density at radius 3 is 2.30 bits per heavy atom. The van der Waals surface area contributed by atoms with Gasteiger partial charge >= 0.3 is 11.8 Å². The molecule has 0 unspecified atom stereocenters. The van der Waals surface area contributed by atoms with E-state index in [0.717, 1.165) is 36.0 Å². The van der Waals surface area contributed by atoms with Crippen molar-refractivity contribution < 1.29 is 18.0 Å². The Hall–Kier alpha value is -2.42. The summed E-state index contributed by atoms with van der Waals surface area (Å²) in [6.45, 7) is 6.25. The number of hydrogen-bond donors (Lipinski definition) is 2. The summed E-state index contributed by atoms with van der Waals surface area (Å²) >= 11 is 5.82. The largest absolute Gasteiger partial charge is 0.348 e. The van der Waals surface area contributed by atoms with Crippen LogP contribution in [0.4, 0.5) is 5.69 Å². The molecule has 0 spiro atoms. The summed E-state index contributed by atoms with van der Waals surface area (Å²) in [5.74, 6) is -1.54. The highest BCUT2D eigenvalue weighted by Gasteiger charge is 2.35. The van der Waals surface area contributed by atoms with Crippen molar-refractivity contribution in [3.05, 3.63) is 58.1 Å². The molecule has 0 aromatic heterocycles. The highest BCUT2D eigenvalue weighted by Crippen LogP contribution is 2.31. The first-order chi connectivity index (χ1) is 15.6. The molecule has 7 nitrogen and oxygen atoms in total. The zero-order valence-corrected chi connectivity index (χ0v) is 20.7. The molecule has 9 heteroatoms. The summed E-state index contributed by atoms with van der Waals surface area (Å²) in [5, 5.41) is 5.65.